The largest absolute Gasteiger partial charge is 0.486 e. The number of rotatable bonds is 4. The maximum atomic E-state index is 5.65. The van der Waals surface area contributed by atoms with Crippen LogP contribution in [0.4, 0.5) is 0 Å². The molecule has 1 aromatic carbocycles. The Morgan fingerprint density at radius 2 is 2.21 bits per heavy atom. The van der Waals surface area contributed by atoms with Gasteiger partial charge in [0.05, 0.1) is 11.0 Å². The van der Waals surface area contributed by atoms with Gasteiger partial charge in [0.1, 0.15) is 25.2 Å². The Kier molecular flexibility index (Phi) is 5.24. The standard InChI is InChI=1S/C16H19BrN4O3/c1-18-16(21(2)10-12-3-4-24-20-12)19-9-11-7-13(17)15-14(8-11)22-5-6-23-15/h3-4,7-8H,5-6,9-10H2,1-2H3,(H,18,19). The number of guanidine groups is 1. The number of hydrogen-bond acceptors (Lipinski definition) is 5. The van der Waals surface area contributed by atoms with E-state index in [9.17, 15) is 0 Å². The Morgan fingerprint density at radius 3 is 2.96 bits per heavy atom. The average molecular weight is 395 g/mol. The lowest BCUT2D eigenvalue weighted by Crippen LogP contribution is -2.38. The summed E-state index contributed by atoms with van der Waals surface area (Å²) in [6.07, 6.45) is 1.56. The molecule has 7 nitrogen and oxygen atoms in total. The fraction of sp³-hybridized carbons (Fsp3) is 0.375. The predicted molar refractivity (Wildman–Crippen MR) is 93.3 cm³/mol. The van der Waals surface area contributed by atoms with Crippen molar-refractivity contribution in [3.8, 4) is 11.5 Å². The number of nitrogens with one attached hydrogen (secondary N) is 1. The van der Waals surface area contributed by atoms with Gasteiger partial charge in [-0.2, -0.15) is 0 Å². The van der Waals surface area contributed by atoms with Gasteiger partial charge in [-0.05, 0) is 33.6 Å². The summed E-state index contributed by atoms with van der Waals surface area (Å²) in [5, 5.41) is 7.25. The first-order valence-corrected chi connectivity index (χ1v) is 8.35. The quantitative estimate of drug-likeness (QED) is 0.633. The lowest BCUT2D eigenvalue weighted by molar-refractivity contribution is 0.170. The molecule has 0 amide bonds. The van der Waals surface area contributed by atoms with Crippen molar-refractivity contribution in [3.63, 3.8) is 0 Å². The summed E-state index contributed by atoms with van der Waals surface area (Å²) in [7, 11) is 3.70. The van der Waals surface area contributed by atoms with Crippen LogP contribution in [-0.2, 0) is 13.1 Å². The van der Waals surface area contributed by atoms with E-state index in [2.05, 4.69) is 31.4 Å². The van der Waals surface area contributed by atoms with Gasteiger partial charge in [0.15, 0.2) is 17.5 Å². The summed E-state index contributed by atoms with van der Waals surface area (Å²) in [6.45, 7) is 2.37. The van der Waals surface area contributed by atoms with Crippen molar-refractivity contribution in [3.05, 3.63) is 40.2 Å². The molecule has 0 unspecified atom stereocenters. The molecule has 2 heterocycles. The van der Waals surface area contributed by atoms with E-state index in [-0.39, 0.29) is 0 Å². The summed E-state index contributed by atoms with van der Waals surface area (Å²) < 4.78 is 17.0. The minimum Gasteiger partial charge on any atom is -0.486 e. The summed E-state index contributed by atoms with van der Waals surface area (Å²) in [5.41, 5.74) is 1.92. The van der Waals surface area contributed by atoms with Crippen LogP contribution in [0.15, 0.2) is 38.5 Å². The van der Waals surface area contributed by atoms with Gasteiger partial charge < -0.3 is 24.2 Å². The van der Waals surface area contributed by atoms with Gasteiger partial charge in [-0.3, -0.25) is 4.99 Å². The van der Waals surface area contributed by atoms with Crippen molar-refractivity contribution in [2.45, 2.75) is 13.1 Å². The van der Waals surface area contributed by atoms with Gasteiger partial charge in [-0.25, -0.2) is 0 Å². The molecule has 1 aliphatic rings. The zero-order valence-corrected chi connectivity index (χ0v) is 15.2. The van der Waals surface area contributed by atoms with E-state index in [1.54, 1.807) is 13.3 Å². The highest BCUT2D eigenvalue weighted by Gasteiger charge is 2.16. The molecule has 0 radical (unpaired) electrons. The summed E-state index contributed by atoms with van der Waals surface area (Å²) >= 11 is 3.53. The summed E-state index contributed by atoms with van der Waals surface area (Å²) in [6, 6.07) is 5.84. The Labute approximate surface area is 148 Å². The van der Waals surface area contributed by atoms with Crippen molar-refractivity contribution < 1.29 is 14.0 Å². The van der Waals surface area contributed by atoms with Crippen LogP contribution in [0.25, 0.3) is 0 Å². The van der Waals surface area contributed by atoms with E-state index < -0.39 is 0 Å². The first kappa shape index (κ1) is 16.6. The van der Waals surface area contributed by atoms with Gasteiger partial charge >= 0.3 is 0 Å². The van der Waals surface area contributed by atoms with Crippen molar-refractivity contribution in [2.24, 2.45) is 4.99 Å². The molecule has 8 heteroatoms. The second-order valence-electron chi connectivity index (χ2n) is 5.35. The first-order chi connectivity index (χ1) is 11.7. The van der Waals surface area contributed by atoms with Gasteiger partial charge in [0.25, 0.3) is 0 Å². The van der Waals surface area contributed by atoms with Crippen LogP contribution in [0, 0.1) is 0 Å². The Bertz CT molecular complexity index is 718. The third-order valence-corrected chi connectivity index (χ3v) is 4.16. The number of nitrogens with zero attached hydrogens (tertiary/aromatic N) is 3. The SMILES string of the molecule is CN=C(NCc1cc(Br)c2c(c1)OCCO2)N(C)Cc1ccon1. The van der Waals surface area contributed by atoms with E-state index >= 15 is 0 Å². The smallest absolute Gasteiger partial charge is 0.194 e. The first-order valence-electron chi connectivity index (χ1n) is 7.56. The normalized spacial score (nSPS) is 13.7. The lowest BCUT2D eigenvalue weighted by Gasteiger charge is -2.23. The highest BCUT2D eigenvalue weighted by atomic mass is 79.9. The molecule has 128 valence electrons. The Balaban J connectivity index is 1.64. The zero-order valence-electron chi connectivity index (χ0n) is 13.6. The predicted octanol–water partition coefficient (Wildman–Crippen LogP) is 2.42. The fourth-order valence-electron chi connectivity index (χ4n) is 2.47. The van der Waals surface area contributed by atoms with Gasteiger partial charge in [-0.1, -0.05) is 5.16 Å². The average Bonchev–Trinajstić information content (AvgIpc) is 3.08. The molecule has 0 atom stereocenters. The van der Waals surface area contributed by atoms with Gasteiger partial charge in [-0.15, -0.1) is 0 Å². The van der Waals surface area contributed by atoms with Crippen molar-refractivity contribution in [1.29, 1.82) is 0 Å². The monoisotopic (exact) mass is 394 g/mol. The molecule has 0 aliphatic carbocycles. The number of halogens is 1. The second-order valence-corrected chi connectivity index (χ2v) is 6.20. The highest BCUT2D eigenvalue weighted by Crippen LogP contribution is 2.38. The number of ether oxygens (including phenoxy) is 2. The number of aromatic nitrogens is 1. The molecule has 0 fully saturated rings. The maximum Gasteiger partial charge on any atom is 0.194 e. The van der Waals surface area contributed by atoms with E-state index in [1.807, 2.05) is 30.1 Å². The fourth-order valence-corrected chi connectivity index (χ4v) is 3.07. The van der Waals surface area contributed by atoms with Crippen LogP contribution in [0.2, 0.25) is 0 Å². The summed E-state index contributed by atoms with van der Waals surface area (Å²) in [5.74, 6) is 2.29. The number of fused-ring (bicyclic) bond motifs is 1. The Morgan fingerprint density at radius 1 is 1.38 bits per heavy atom. The Hall–Kier alpha value is -2.22. The number of hydrogen-bond donors (Lipinski definition) is 1. The molecule has 0 bridgehead atoms. The maximum absolute atomic E-state index is 5.65. The molecule has 24 heavy (non-hydrogen) atoms. The van der Waals surface area contributed by atoms with E-state index in [0.29, 0.717) is 26.3 Å². The third kappa shape index (κ3) is 3.81. The van der Waals surface area contributed by atoms with Crippen LogP contribution in [-0.4, -0.2) is 43.3 Å². The summed E-state index contributed by atoms with van der Waals surface area (Å²) in [4.78, 5) is 6.28. The molecular weight excluding hydrogens is 376 g/mol. The van der Waals surface area contributed by atoms with E-state index in [4.69, 9.17) is 14.0 Å². The van der Waals surface area contributed by atoms with Crippen molar-refractivity contribution in [1.82, 2.24) is 15.4 Å². The number of benzene rings is 1. The van der Waals surface area contributed by atoms with Crippen LogP contribution >= 0.6 is 15.9 Å². The molecule has 1 aliphatic heterocycles. The molecule has 1 N–H and O–H groups in total. The minimum atomic E-state index is 0.568. The molecule has 0 saturated carbocycles. The zero-order chi connectivity index (χ0) is 16.9. The lowest BCUT2D eigenvalue weighted by atomic mass is 10.2. The van der Waals surface area contributed by atoms with E-state index in [0.717, 1.165) is 33.2 Å². The highest BCUT2D eigenvalue weighted by molar-refractivity contribution is 9.10. The van der Waals surface area contributed by atoms with Gasteiger partial charge in [0.2, 0.25) is 0 Å². The van der Waals surface area contributed by atoms with E-state index in [1.165, 1.54) is 0 Å². The topological polar surface area (TPSA) is 72.1 Å². The molecular formula is C16H19BrN4O3. The van der Waals surface area contributed by atoms with Crippen molar-refractivity contribution >= 4 is 21.9 Å². The molecule has 3 rings (SSSR count). The molecule has 0 spiro atoms. The third-order valence-electron chi connectivity index (χ3n) is 3.57. The molecule has 0 saturated heterocycles. The molecule has 2 aromatic rings. The minimum absolute atomic E-state index is 0.568. The van der Waals surface area contributed by atoms with Gasteiger partial charge in [0, 0.05) is 26.7 Å². The molecule has 1 aromatic heterocycles. The second kappa shape index (κ2) is 7.57. The van der Waals surface area contributed by atoms with Crippen LogP contribution < -0.4 is 14.8 Å². The number of aliphatic imine (C=N–C) groups is 1. The van der Waals surface area contributed by atoms with Crippen LogP contribution in [0.3, 0.4) is 0 Å². The van der Waals surface area contributed by atoms with Crippen molar-refractivity contribution in [2.75, 3.05) is 27.3 Å². The van der Waals surface area contributed by atoms with Crippen LogP contribution in [0.1, 0.15) is 11.3 Å². The van der Waals surface area contributed by atoms with Crippen LogP contribution in [0.5, 0.6) is 11.5 Å².